The van der Waals surface area contributed by atoms with Crippen LogP contribution in [-0.2, 0) is 0 Å². The van der Waals surface area contributed by atoms with Crippen molar-refractivity contribution in [1.29, 1.82) is 0 Å². The molecule has 0 N–H and O–H groups in total. The summed E-state index contributed by atoms with van der Waals surface area (Å²) in [5, 5.41) is 2.30. The smallest absolute Gasteiger partial charge is 0.0786 e. The van der Waals surface area contributed by atoms with Crippen molar-refractivity contribution in [2.24, 2.45) is 0 Å². The first kappa shape index (κ1) is 17.4. The van der Waals surface area contributed by atoms with Crippen molar-refractivity contribution < 1.29 is 0 Å². The molecule has 0 fully saturated rings. The fourth-order valence-corrected chi connectivity index (χ4v) is 5.16. The van der Waals surface area contributed by atoms with Gasteiger partial charge in [0.2, 0.25) is 0 Å². The van der Waals surface area contributed by atoms with Gasteiger partial charge in [-0.3, -0.25) is 9.97 Å². The molecule has 32 heavy (non-hydrogen) atoms. The third-order valence-corrected chi connectivity index (χ3v) is 6.52. The zero-order chi connectivity index (χ0) is 21.1. The molecule has 0 atom stereocenters. The Labute approximate surface area is 185 Å². The molecule has 2 heterocycles. The lowest BCUT2D eigenvalue weighted by atomic mass is 9.79. The van der Waals surface area contributed by atoms with Crippen molar-refractivity contribution in [2.45, 2.75) is 0 Å². The molecular formula is C30H18N2. The molecular weight excluding hydrogens is 388 g/mol. The Morgan fingerprint density at radius 1 is 0.344 bits per heavy atom. The van der Waals surface area contributed by atoms with Crippen molar-refractivity contribution in [3.63, 3.8) is 0 Å². The number of benzene rings is 4. The predicted octanol–water partition coefficient (Wildman–Crippen LogP) is 7.76. The highest BCUT2D eigenvalue weighted by atomic mass is 14.7. The van der Waals surface area contributed by atoms with Crippen LogP contribution in [0.3, 0.4) is 0 Å². The normalized spacial score (nSPS) is 11.8. The van der Waals surface area contributed by atoms with Gasteiger partial charge in [-0.15, -0.1) is 0 Å². The van der Waals surface area contributed by atoms with Gasteiger partial charge in [-0.2, -0.15) is 0 Å². The van der Waals surface area contributed by atoms with Crippen molar-refractivity contribution >= 4 is 21.8 Å². The van der Waals surface area contributed by atoms with Gasteiger partial charge in [0, 0.05) is 34.3 Å². The summed E-state index contributed by atoms with van der Waals surface area (Å²) in [7, 11) is 0. The van der Waals surface area contributed by atoms with Crippen molar-refractivity contribution in [3.05, 3.63) is 109 Å². The van der Waals surface area contributed by atoms with E-state index in [1.807, 2.05) is 24.5 Å². The second-order valence-corrected chi connectivity index (χ2v) is 8.22. The third-order valence-electron chi connectivity index (χ3n) is 6.52. The largest absolute Gasteiger partial charge is 0.256 e. The predicted molar refractivity (Wildman–Crippen MR) is 132 cm³/mol. The van der Waals surface area contributed by atoms with Crippen LogP contribution in [-0.4, -0.2) is 9.97 Å². The van der Waals surface area contributed by atoms with Gasteiger partial charge in [0.25, 0.3) is 0 Å². The summed E-state index contributed by atoms with van der Waals surface area (Å²) in [5.74, 6) is 0. The van der Waals surface area contributed by atoms with Gasteiger partial charge in [0.15, 0.2) is 0 Å². The molecule has 0 radical (unpaired) electrons. The molecule has 2 nitrogen and oxygen atoms in total. The van der Waals surface area contributed by atoms with E-state index in [0.29, 0.717) is 0 Å². The molecule has 0 unspecified atom stereocenters. The molecule has 2 heteroatoms. The molecule has 7 rings (SSSR count). The van der Waals surface area contributed by atoms with Gasteiger partial charge < -0.3 is 0 Å². The highest BCUT2D eigenvalue weighted by Crippen LogP contribution is 2.50. The fraction of sp³-hybridized carbons (Fsp3) is 0. The SMILES string of the molecule is c1ccc2c(c1)-c1ccc3cccnc3c1-c1ccccc1-c1ccc3cccnc3c1-2. The minimum Gasteiger partial charge on any atom is -0.256 e. The van der Waals surface area contributed by atoms with Crippen LogP contribution >= 0.6 is 0 Å². The lowest BCUT2D eigenvalue weighted by Crippen LogP contribution is -1.99. The average molecular weight is 406 g/mol. The first-order chi connectivity index (χ1) is 15.9. The van der Waals surface area contributed by atoms with Gasteiger partial charge in [-0.25, -0.2) is 0 Å². The Balaban J connectivity index is 1.75. The van der Waals surface area contributed by atoms with E-state index in [1.165, 1.54) is 44.5 Å². The minimum absolute atomic E-state index is 1.04. The van der Waals surface area contributed by atoms with Crippen LogP contribution in [0, 0.1) is 0 Å². The van der Waals surface area contributed by atoms with E-state index in [-0.39, 0.29) is 0 Å². The first-order valence-electron chi connectivity index (χ1n) is 10.9. The lowest BCUT2D eigenvalue weighted by Gasteiger charge is -2.24. The second kappa shape index (κ2) is 6.60. The van der Waals surface area contributed by atoms with Crippen LogP contribution in [0.4, 0.5) is 0 Å². The van der Waals surface area contributed by atoms with E-state index in [0.717, 1.165) is 21.8 Å². The molecule has 0 bridgehead atoms. The van der Waals surface area contributed by atoms with Crippen LogP contribution < -0.4 is 0 Å². The molecule has 1 aliphatic rings. The minimum atomic E-state index is 1.04. The van der Waals surface area contributed by atoms with E-state index in [4.69, 9.17) is 9.97 Å². The first-order valence-corrected chi connectivity index (χ1v) is 10.9. The van der Waals surface area contributed by atoms with Crippen LogP contribution in [0.15, 0.2) is 109 Å². The topological polar surface area (TPSA) is 25.8 Å². The molecule has 0 saturated carbocycles. The number of fused-ring (bicyclic) bond motifs is 12. The van der Waals surface area contributed by atoms with E-state index in [1.54, 1.807) is 0 Å². The third kappa shape index (κ3) is 2.35. The van der Waals surface area contributed by atoms with Crippen molar-refractivity contribution in [2.75, 3.05) is 0 Å². The number of rotatable bonds is 0. The van der Waals surface area contributed by atoms with Gasteiger partial charge in [-0.05, 0) is 45.5 Å². The van der Waals surface area contributed by atoms with E-state index in [9.17, 15) is 0 Å². The highest BCUT2D eigenvalue weighted by Gasteiger charge is 2.25. The van der Waals surface area contributed by atoms with Crippen LogP contribution in [0.25, 0.3) is 66.3 Å². The van der Waals surface area contributed by atoms with Crippen molar-refractivity contribution in [1.82, 2.24) is 9.97 Å². The summed E-state index contributed by atoms with van der Waals surface area (Å²) in [6, 6.07) is 34.5. The Bertz CT molecular complexity index is 1550. The average Bonchev–Trinajstić information content (AvgIpc) is 2.86. The second-order valence-electron chi connectivity index (χ2n) is 8.22. The van der Waals surface area contributed by atoms with Gasteiger partial charge in [0.1, 0.15) is 0 Å². The Kier molecular flexibility index (Phi) is 3.58. The van der Waals surface area contributed by atoms with Crippen LogP contribution in [0.1, 0.15) is 0 Å². The summed E-state index contributed by atoms with van der Waals surface area (Å²) >= 11 is 0. The van der Waals surface area contributed by atoms with E-state index < -0.39 is 0 Å². The zero-order valence-corrected chi connectivity index (χ0v) is 17.3. The Hall–Kier alpha value is -4.30. The number of hydrogen-bond donors (Lipinski definition) is 0. The molecule has 0 spiro atoms. The fourth-order valence-electron chi connectivity index (χ4n) is 5.16. The van der Waals surface area contributed by atoms with Crippen molar-refractivity contribution in [3.8, 4) is 44.5 Å². The molecule has 1 aliphatic carbocycles. The molecule has 6 aromatic rings. The maximum absolute atomic E-state index is 4.83. The number of nitrogens with zero attached hydrogens (tertiary/aromatic N) is 2. The molecule has 4 aromatic carbocycles. The summed E-state index contributed by atoms with van der Waals surface area (Å²) in [6.07, 6.45) is 3.78. The molecule has 148 valence electrons. The molecule has 0 saturated heterocycles. The summed E-state index contributed by atoms with van der Waals surface area (Å²) in [6.45, 7) is 0. The van der Waals surface area contributed by atoms with Crippen LogP contribution in [0.5, 0.6) is 0 Å². The maximum Gasteiger partial charge on any atom is 0.0786 e. The highest BCUT2D eigenvalue weighted by molar-refractivity contribution is 6.14. The monoisotopic (exact) mass is 406 g/mol. The van der Waals surface area contributed by atoms with Gasteiger partial charge in [-0.1, -0.05) is 84.9 Å². The number of hydrogen-bond acceptors (Lipinski definition) is 2. The number of pyridine rings is 2. The van der Waals surface area contributed by atoms with Gasteiger partial charge >= 0.3 is 0 Å². The summed E-state index contributed by atoms with van der Waals surface area (Å²) in [5.41, 5.74) is 11.7. The maximum atomic E-state index is 4.83. The molecule has 0 amide bonds. The quantitative estimate of drug-likeness (QED) is 0.257. The van der Waals surface area contributed by atoms with Gasteiger partial charge in [0.05, 0.1) is 11.0 Å². The lowest BCUT2D eigenvalue weighted by molar-refractivity contribution is 1.40. The Morgan fingerprint density at radius 3 is 1.25 bits per heavy atom. The zero-order valence-electron chi connectivity index (χ0n) is 17.3. The Morgan fingerprint density at radius 2 is 0.781 bits per heavy atom. The van der Waals surface area contributed by atoms with Crippen LogP contribution in [0.2, 0.25) is 0 Å². The van der Waals surface area contributed by atoms with E-state index in [2.05, 4.69) is 84.9 Å². The summed E-state index contributed by atoms with van der Waals surface area (Å²) < 4.78 is 0. The molecule has 0 aliphatic heterocycles. The summed E-state index contributed by atoms with van der Waals surface area (Å²) in [4.78, 5) is 9.66. The molecule has 2 aromatic heterocycles. The van der Waals surface area contributed by atoms with E-state index >= 15 is 0 Å². The standard InChI is InChI=1S/C30H18N2/c1-3-11-23-21(9-1)25-15-13-19-7-5-18-32-30(19)28(25)24-12-4-2-10-22(24)26-16-14-20-8-6-17-31-29(20)27(23)26/h1-18H. The number of aromatic nitrogens is 2.